The lowest BCUT2D eigenvalue weighted by Gasteiger charge is -2.29. The number of unbranched alkanes of at least 4 members (excludes halogenated alkanes) is 15. The standard InChI is InChI=1S/C30H63O3PS3/c1-7-10-13-16-19-22-25-35-28(4)32-34(31,30(6)37-27-24-21-18-15-12-9-3)33-29(5)36-26-23-20-17-14-11-8-2/h28-30H,7-27H2,1-6H3. The van der Waals surface area contributed by atoms with Crippen LogP contribution in [-0.2, 0) is 13.6 Å². The van der Waals surface area contributed by atoms with E-state index in [4.69, 9.17) is 9.05 Å². The van der Waals surface area contributed by atoms with Crippen molar-refractivity contribution in [3.63, 3.8) is 0 Å². The minimum Gasteiger partial charge on any atom is -0.294 e. The molecule has 0 aliphatic rings. The molecule has 0 amide bonds. The molecule has 0 rings (SSSR count). The quantitative estimate of drug-likeness (QED) is 0.0484. The second-order valence-electron chi connectivity index (χ2n) is 10.4. The Morgan fingerprint density at radius 1 is 0.486 bits per heavy atom. The van der Waals surface area contributed by atoms with Crippen molar-refractivity contribution in [3.8, 4) is 0 Å². The minimum absolute atomic E-state index is 0.102. The van der Waals surface area contributed by atoms with Crippen molar-refractivity contribution in [1.29, 1.82) is 0 Å². The third-order valence-corrected chi connectivity index (χ3v) is 13.4. The predicted molar refractivity (Wildman–Crippen MR) is 176 cm³/mol. The van der Waals surface area contributed by atoms with Gasteiger partial charge in [0.2, 0.25) is 0 Å². The van der Waals surface area contributed by atoms with E-state index >= 15 is 0 Å². The van der Waals surface area contributed by atoms with Crippen molar-refractivity contribution in [2.75, 3.05) is 17.3 Å². The van der Waals surface area contributed by atoms with E-state index in [0.29, 0.717) is 0 Å². The van der Waals surface area contributed by atoms with Crippen LogP contribution in [0.4, 0.5) is 0 Å². The summed E-state index contributed by atoms with van der Waals surface area (Å²) in [7, 11) is -3.21. The fraction of sp³-hybridized carbons (Fsp3) is 1.00. The largest absolute Gasteiger partial charge is 0.345 e. The molecule has 0 aliphatic heterocycles. The molecule has 0 radical (unpaired) electrons. The van der Waals surface area contributed by atoms with Gasteiger partial charge in [-0.1, -0.05) is 117 Å². The van der Waals surface area contributed by atoms with E-state index in [-0.39, 0.29) is 15.9 Å². The molecule has 7 heteroatoms. The van der Waals surface area contributed by atoms with Crippen molar-refractivity contribution >= 4 is 42.9 Å². The lowest BCUT2D eigenvalue weighted by molar-refractivity contribution is 0.193. The third-order valence-electron chi connectivity index (χ3n) is 6.59. The molecule has 0 heterocycles. The van der Waals surface area contributed by atoms with Gasteiger partial charge in [-0.15, -0.1) is 35.3 Å². The Kier molecular flexibility index (Phi) is 28.3. The summed E-state index contributed by atoms with van der Waals surface area (Å²) in [6.45, 7) is 12.9. The van der Waals surface area contributed by atoms with E-state index in [1.165, 1.54) is 116 Å². The highest BCUT2D eigenvalue weighted by molar-refractivity contribution is 8.05. The summed E-state index contributed by atoms with van der Waals surface area (Å²) < 4.78 is 26.6. The summed E-state index contributed by atoms with van der Waals surface area (Å²) in [5.41, 5.74) is -0.205. The van der Waals surface area contributed by atoms with Gasteiger partial charge < -0.3 is 0 Å². The summed E-state index contributed by atoms with van der Waals surface area (Å²) >= 11 is 5.36. The van der Waals surface area contributed by atoms with Crippen molar-refractivity contribution in [2.24, 2.45) is 0 Å². The maximum atomic E-state index is 14.1. The average Bonchev–Trinajstić information content (AvgIpc) is 2.86. The first-order valence-corrected chi connectivity index (χ1v) is 20.5. The molecule has 0 spiro atoms. The van der Waals surface area contributed by atoms with Gasteiger partial charge >= 0.3 is 7.60 Å². The highest BCUT2D eigenvalue weighted by Gasteiger charge is 2.36. The molecule has 0 N–H and O–H groups in total. The molecule has 3 nitrogen and oxygen atoms in total. The summed E-state index contributed by atoms with van der Waals surface area (Å²) in [6, 6.07) is 0. The maximum absolute atomic E-state index is 14.1. The normalized spacial score (nSPS) is 15.9. The summed E-state index contributed by atoms with van der Waals surface area (Å²) in [6.07, 6.45) is 23.3. The van der Waals surface area contributed by atoms with Crippen molar-refractivity contribution in [2.45, 2.75) is 173 Å². The van der Waals surface area contributed by atoms with Crippen LogP contribution >= 0.6 is 42.9 Å². The molecule has 3 atom stereocenters. The van der Waals surface area contributed by atoms with E-state index in [9.17, 15) is 4.57 Å². The van der Waals surface area contributed by atoms with Gasteiger partial charge in [0.25, 0.3) is 0 Å². The molecule has 0 aromatic heterocycles. The van der Waals surface area contributed by atoms with Gasteiger partial charge in [-0.2, -0.15) is 0 Å². The topological polar surface area (TPSA) is 35.5 Å². The summed E-state index contributed by atoms with van der Waals surface area (Å²) in [5.74, 6) is 3.16. The van der Waals surface area contributed by atoms with Crippen LogP contribution in [-0.4, -0.2) is 33.1 Å². The lowest BCUT2D eigenvalue weighted by atomic mass is 10.1. The molecule has 0 aliphatic carbocycles. The molecule has 0 saturated carbocycles. The smallest absolute Gasteiger partial charge is 0.294 e. The van der Waals surface area contributed by atoms with Gasteiger partial charge in [-0.05, 0) is 57.3 Å². The average molecular weight is 599 g/mol. The second-order valence-corrected chi connectivity index (χ2v) is 17.3. The van der Waals surface area contributed by atoms with Crippen LogP contribution in [0.3, 0.4) is 0 Å². The van der Waals surface area contributed by atoms with Gasteiger partial charge in [-0.25, -0.2) is 0 Å². The predicted octanol–water partition coefficient (Wildman–Crippen LogP) is 12.5. The van der Waals surface area contributed by atoms with E-state index in [1.807, 2.05) is 0 Å². The molecule has 3 unspecified atom stereocenters. The van der Waals surface area contributed by atoms with Crippen LogP contribution in [0.5, 0.6) is 0 Å². The molecule has 0 saturated heterocycles. The first kappa shape index (κ1) is 38.2. The zero-order valence-corrected chi connectivity index (χ0v) is 28.8. The summed E-state index contributed by atoms with van der Waals surface area (Å²) in [4.78, 5) is -0.127. The Bertz CT molecular complexity index is 494. The Balaban J connectivity index is 4.62. The Morgan fingerprint density at radius 2 is 0.784 bits per heavy atom. The maximum Gasteiger partial charge on any atom is 0.345 e. The Labute approximate surface area is 245 Å². The van der Waals surface area contributed by atoms with E-state index in [2.05, 4.69) is 41.5 Å². The highest BCUT2D eigenvalue weighted by atomic mass is 32.2. The van der Waals surface area contributed by atoms with Gasteiger partial charge in [0.05, 0.1) is 0 Å². The van der Waals surface area contributed by atoms with E-state index in [0.717, 1.165) is 17.3 Å². The number of hydrogen-bond donors (Lipinski definition) is 0. The van der Waals surface area contributed by atoms with Crippen LogP contribution in [0, 0.1) is 0 Å². The Hall–Kier alpha value is 1.20. The van der Waals surface area contributed by atoms with Crippen LogP contribution in [0.25, 0.3) is 0 Å². The van der Waals surface area contributed by atoms with Gasteiger partial charge in [0.1, 0.15) is 15.9 Å². The molecule has 0 aromatic carbocycles. The van der Waals surface area contributed by atoms with Gasteiger partial charge in [0.15, 0.2) is 0 Å². The van der Waals surface area contributed by atoms with Crippen LogP contribution < -0.4 is 0 Å². The second kappa shape index (κ2) is 27.4. The van der Waals surface area contributed by atoms with Crippen molar-refractivity contribution < 1.29 is 13.6 Å². The molecule has 0 fully saturated rings. The fourth-order valence-electron chi connectivity index (χ4n) is 4.16. The van der Waals surface area contributed by atoms with Crippen molar-refractivity contribution in [3.05, 3.63) is 0 Å². The molecule has 0 bridgehead atoms. The third kappa shape index (κ3) is 23.6. The Morgan fingerprint density at radius 3 is 1.14 bits per heavy atom. The van der Waals surface area contributed by atoms with Gasteiger partial charge in [-0.3, -0.25) is 13.6 Å². The number of rotatable bonds is 29. The van der Waals surface area contributed by atoms with Crippen molar-refractivity contribution in [1.82, 2.24) is 0 Å². The molecular formula is C30H63O3PS3. The number of thioether (sulfide) groups is 3. The van der Waals surface area contributed by atoms with Crippen LogP contribution in [0.15, 0.2) is 0 Å². The van der Waals surface area contributed by atoms with E-state index in [1.54, 1.807) is 35.3 Å². The minimum atomic E-state index is -3.21. The molecule has 0 aromatic rings. The monoisotopic (exact) mass is 598 g/mol. The zero-order valence-electron chi connectivity index (χ0n) is 25.5. The zero-order chi connectivity index (χ0) is 27.6. The fourth-order valence-corrected chi connectivity index (χ4v) is 10.1. The SMILES string of the molecule is CCCCCCCCSC(C)OP(=O)(OC(C)SCCCCCCCC)C(C)SCCCCCCCC. The number of hydrogen-bond acceptors (Lipinski definition) is 6. The summed E-state index contributed by atoms with van der Waals surface area (Å²) in [5, 5.41) is 0. The van der Waals surface area contributed by atoms with Crippen LogP contribution in [0.1, 0.15) is 157 Å². The lowest BCUT2D eigenvalue weighted by Crippen LogP contribution is -2.15. The molecular weight excluding hydrogens is 536 g/mol. The molecule has 37 heavy (non-hydrogen) atoms. The first-order valence-electron chi connectivity index (χ1n) is 15.7. The highest BCUT2D eigenvalue weighted by Crippen LogP contribution is 2.60. The first-order chi connectivity index (χ1) is 17.9. The molecule has 224 valence electrons. The van der Waals surface area contributed by atoms with E-state index < -0.39 is 7.60 Å². The van der Waals surface area contributed by atoms with Gasteiger partial charge in [0, 0.05) is 0 Å². The van der Waals surface area contributed by atoms with Crippen LogP contribution in [0.2, 0.25) is 0 Å².